The molecule has 1 N–H and O–H groups in total. The SMILES string of the molecule is COC(C)C(=O)Nc1cnc(Br)cn1. The Morgan fingerprint density at radius 1 is 1.57 bits per heavy atom. The van der Waals surface area contributed by atoms with Crippen LogP contribution in [0.2, 0.25) is 0 Å². The molecular weight excluding hydrogens is 250 g/mol. The second-order valence-electron chi connectivity index (χ2n) is 2.59. The molecule has 1 aromatic rings. The zero-order chi connectivity index (χ0) is 10.6. The summed E-state index contributed by atoms with van der Waals surface area (Å²) in [5.74, 6) is 0.159. The van der Waals surface area contributed by atoms with E-state index in [1.165, 1.54) is 19.5 Å². The van der Waals surface area contributed by atoms with Gasteiger partial charge in [0.15, 0.2) is 5.82 Å². The normalized spacial score (nSPS) is 12.2. The quantitative estimate of drug-likeness (QED) is 0.887. The monoisotopic (exact) mass is 259 g/mol. The summed E-state index contributed by atoms with van der Waals surface area (Å²) in [5.41, 5.74) is 0. The van der Waals surface area contributed by atoms with Gasteiger partial charge in [-0.25, -0.2) is 9.97 Å². The van der Waals surface area contributed by atoms with Gasteiger partial charge in [-0.15, -0.1) is 0 Å². The molecule has 0 saturated heterocycles. The van der Waals surface area contributed by atoms with Crippen molar-refractivity contribution in [2.75, 3.05) is 12.4 Å². The molecule has 1 heterocycles. The molecule has 14 heavy (non-hydrogen) atoms. The molecule has 1 atom stereocenters. The number of methoxy groups -OCH3 is 1. The van der Waals surface area contributed by atoms with Crippen LogP contribution in [0.15, 0.2) is 17.0 Å². The molecule has 0 fully saturated rings. The Kier molecular flexibility index (Phi) is 3.97. The molecule has 0 aliphatic rings. The van der Waals surface area contributed by atoms with E-state index >= 15 is 0 Å². The average molecular weight is 260 g/mol. The first-order valence-corrected chi connectivity index (χ1v) is 4.74. The van der Waals surface area contributed by atoms with Gasteiger partial charge in [0.05, 0.1) is 12.4 Å². The predicted molar refractivity (Wildman–Crippen MR) is 54.8 cm³/mol. The van der Waals surface area contributed by atoms with Gasteiger partial charge in [-0.1, -0.05) is 0 Å². The number of ether oxygens (including phenoxy) is 1. The Hall–Kier alpha value is -1.01. The van der Waals surface area contributed by atoms with Crippen LogP contribution in [0, 0.1) is 0 Å². The van der Waals surface area contributed by atoms with Crippen molar-refractivity contribution in [2.24, 2.45) is 0 Å². The van der Waals surface area contributed by atoms with Gasteiger partial charge in [-0.05, 0) is 22.9 Å². The number of hydrogen-bond donors (Lipinski definition) is 1. The van der Waals surface area contributed by atoms with Gasteiger partial charge in [0.2, 0.25) is 0 Å². The minimum atomic E-state index is -0.500. The van der Waals surface area contributed by atoms with Crippen LogP contribution in [-0.4, -0.2) is 29.1 Å². The van der Waals surface area contributed by atoms with Crippen LogP contribution in [0.4, 0.5) is 5.82 Å². The largest absolute Gasteiger partial charge is 0.372 e. The van der Waals surface area contributed by atoms with Crippen molar-refractivity contribution < 1.29 is 9.53 Å². The molecule has 1 rings (SSSR count). The first-order chi connectivity index (χ1) is 6.63. The molecule has 0 aliphatic carbocycles. The molecule has 0 spiro atoms. The molecule has 0 bridgehead atoms. The Balaban J connectivity index is 2.60. The van der Waals surface area contributed by atoms with E-state index in [1.54, 1.807) is 6.92 Å². The number of nitrogens with zero attached hydrogens (tertiary/aromatic N) is 2. The number of amides is 1. The Morgan fingerprint density at radius 2 is 2.29 bits per heavy atom. The maximum absolute atomic E-state index is 11.3. The van der Waals surface area contributed by atoms with E-state index in [0.717, 1.165) is 0 Å². The van der Waals surface area contributed by atoms with E-state index in [1.807, 2.05) is 0 Å². The summed E-state index contributed by atoms with van der Waals surface area (Å²) in [6.45, 7) is 1.65. The van der Waals surface area contributed by atoms with E-state index in [0.29, 0.717) is 10.4 Å². The molecule has 0 aliphatic heterocycles. The topological polar surface area (TPSA) is 64.1 Å². The molecule has 76 valence electrons. The molecule has 1 unspecified atom stereocenters. The van der Waals surface area contributed by atoms with E-state index in [4.69, 9.17) is 4.74 Å². The Bertz CT molecular complexity index is 315. The second-order valence-corrected chi connectivity index (χ2v) is 3.40. The number of nitrogens with one attached hydrogen (secondary N) is 1. The summed E-state index contributed by atoms with van der Waals surface area (Å²) in [5, 5.41) is 2.56. The van der Waals surface area contributed by atoms with Gasteiger partial charge in [0.1, 0.15) is 10.7 Å². The molecule has 0 saturated carbocycles. The highest BCUT2D eigenvalue weighted by atomic mass is 79.9. The minimum absolute atomic E-state index is 0.246. The molecule has 1 amide bonds. The second kappa shape index (κ2) is 5.02. The highest BCUT2D eigenvalue weighted by Gasteiger charge is 2.11. The summed E-state index contributed by atoms with van der Waals surface area (Å²) in [6, 6.07) is 0. The number of aromatic nitrogens is 2. The lowest BCUT2D eigenvalue weighted by Crippen LogP contribution is -2.26. The number of anilines is 1. The van der Waals surface area contributed by atoms with Crippen molar-refractivity contribution >= 4 is 27.7 Å². The van der Waals surface area contributed by atoms with Gasteiger partial charge in [0, 0.05) is 7.11 Å². The van der Waals surface area contributed by atoms with Crippen molar-refractivity contribution in [3.63, 3.8) is 0 Å². The fourth-order valence-corrected chi connectivity index (χ4v) is 0.916. The van der Waals surface area contributed by atoms with Crippen molar-refractivity contribution in [1.29, 1.82) is 0 Å². The summed E-state index contributed by atoms with van der Waals surface area (Å²) < 4.78 is 5.46. The van der Waals surface area contributed by atoms with Crippen LogP contribution in [0.25, 0.3) is 0 Å². The Labute approximate surface area is 90.0 Å². The number of carbonyl (C=O) groups is 1. The summed E-state index contributed by atoms with van der Waals surface area (Å²) in [7, 11) is 1.47. The van der Waals surface area contributed by atoms with Crippen LogP contribution in [0.1, 0.15) is 6.92 Å². The van der Waals surface area contributed by atoms with E-state index in [2.05, 4.69) is 31.2 Å². The zero-order valence-corrected chi connectivity index (χ0v) is 9.41. The Morgan fingerprint density at radius 3 is 2.79 bits per heavy atom. The molecule has 5 nitrogen and oxygen atoms in total. The van der Waals surface area contributed by atoms with E-state index in [9.17, 15) is 4.79 Å². The number of halogens is 1. The highest BCUT2D eigenvalue weighted by molar-refractivity contribution is 9.10. The molecule has 0 aromatic carbocycles. The predicted octanol–water partition coefficient (Wildman–Crippen LogP) is 1.21. The number of rotatable bonds is 3. The smallest absolute Gasteiger partial charge is 0.254 e. The summed E-state index contributed by atoms with van der Waals surface area (Å²) >= 11 is 3.14. The van der Waals surface area contributed by atoms with Gasteiger partial charge >= 0.3 is 0 Å². The van der Waals surface area contributed by atoms with Gasteiger partial charge < -0.3 is 10.1 Å². The lowest BCUT2D eigenvalue weighted by molar-refractivity contribution is -0.124. The van der Waals surface area contributed by atoms with E-state index in [-0.39, 0.29) is 5.91 Å². The molecule has 6 heteroatoms. The van der Waals surface area contributed by atoms with Gasteiger partial charge in [-0.2, -0.15) is 0 Å². The fraction of sp³-hybridized carbons (Fsp3) is 0.375. The number of carbonyl (C=O) groups excluding carboxylic acids is 1. The highest BCUT2D eigenvalue weighted by Crippen LogP contribution is 2.06. The van der Waals surface area contributed by atoms with Crippen molar-refractivity contribution in [3.05, 3.63) is 17.0 Å². The fourth-order valence-electron chi connectivity index (χ4n) is 0.712. The number of hydrogen-bond acceptors (Lipinski definition) is 4. The maximum Gasteiger partial charge on any atom is 0.254 e. The third kappa shape index (κ3) is 3.04. The standard InChI is InChI=1S/C8H10BrN3O2/c1-5(14-2)8(13)12-7-4-10-6(9)3-11-7/h3-5H,1-2H3,(H,11,12,13). The third-order valence-electron chi connectivity index (χ3n) is 1.59. The van der Waals surface area contributed by atoms with Crippen molar-refractivity contribution in [2.45, 2.75) is 13.0 Å². The van der Waals surface area contributed by atoms with Crippen molar-refractivity contribution in [3.8, 4) is 0 Å². The first-order valence-electron chi connectivity index (χ1n) is 3.94. The molecular formula is C8H10BrN3O2. The van der Waals surface area contributed by atoms with Crippen LogP contribution in [-0.2, 0) is 9.53 Å². The molecule has 0 radical (unpaired) electrons. The van der Waals surface area contributed by atoms with E-state index < -0.39 is 6.10 Å². The summed E-state index contributed by atoms with van der Waals surface area (Å²) in [4.78, 5) is 19.2. The first kappa shape index (κ1) is 11.1. The van der Waals surface area contributed by atoms with Gasteiger partial charge in [0.25, 0.3) is 5.91 Å². The maximum atomic E-state index is 11.3. The average Bonchev–Trinajstić information content (AvgIpc) is 2.20. The minimum Gasteiger partial charge on any atom is -0.372 e. The third-order valence-corrected chi connectivity index (χ3v) is 2.00. The lowest BCUT2D eigenvalue weighted by atomic mass is 10.4. The zero-order valence-electron chi connectivity index (χ0n) is 7.82. The van der Waals surface area contributed by atoms with Crippen LogP contribution in [0.5, 0.6) is 0 Å². The van der Waals surface area contributed by atoms with Crippen LogP contribution < -0.4 is 5.32 Å². The van der Waals surface area contributed by atoms with Crippen LogP contribution >= 0.6 is 15.9 Å². The van der Waals surface area contributed by atoms with Gasteiger partial charge in [-0.3, -0.25) is 4.79 Å². The molecule has 1 aromatic heterocycles. The lowest BCUT2D eigenvalue weighted by Gasteiger charge is -2.08. The van der Waals surface area contributed by atoms with Crippen molar-refractivity contribution in [1.82, 2.24) is 9.97 Å². The van der Waals surface area contributed by atoms with Crippen LogP contribution in [0.3, 0.4) is 0 Å². The summed E-state index contributed by atoms with van der Waals surface area (Å²) in [6.07, 6.45) is 2.47.